The summed E-state index contributed by atoms with van der Waals surface area (Å²) in [6, 6.07) is 13.4. The minimum absolute atomic E-state index is 0.109. The minimum Gasteiger partial charge on any atom is -0.210 e. The molecule has 0 saturated heterocycles. The van der Waals surface area contributed by atoms with E-state index in [9.17, 15) is 12.8 Å². The third kappa shape index (κ3) is 3.72. The molecule has 118 valence electrons. The molecule has 0 bridgehead atoms. The Bertz CT molecular complexity index is 755. The lowest BCUT2D eigenvalue weighted by Crippen LogP contribution is -2.36. The van der Waals surface area contributed by atoms with Crippen molar-refractivity contribution < 1.29 is 12.8 Å². The van der Waals surface area contributed by atoms with E-state index in [0.29, 0.717) is 5.56 Å². The first kappa shape index (κ1) is 16.6. The molecule has 0 heterocycles. The lowest BCUT2D eigenvalue weighted by molar-refractivity contribution is 0.501. The summed E-state index contributed by atoms with van der Waals surface area (Å²) >= 11 is 0. The van der Waals surface area contributed by atoms with Crippen molar-refractivity contribution in [1.29, 1.82) is 0 Å². The minimum atomic E-state index is -3.67. The molecule has 3 nitrogen and oxygen atoms in total. The molecule has 2 aromatic carbocycles. The molecule has 0 radical (unpaired) electrons. The molecule has 0 fully saturated rings. The summed E-state index contributed by atoms with van der Waals surface area (Å²) in [6.07, 6.45) is 0. The van der Waals surface area contributed by atoms with Gasteiger partial charge in [0.25, 0.3) is 0 Å². The van der Waals surface area contributed by atoms with Gasteiger partial charge in [0.15, 0.2) is 0 Å². The normalized spacial score (nSPS) is 12.4. The Balaban J connectivity index is 2.19. The van der Waals surface area contributed by atoms with Gasteiger partial charge in [0.2, 0.25) is 10.0 Å². The molecule has 0 aliphatic rings. The van der Waals surface area contributed by atoms with Crippen LogP contribution in [-0.4, -0.2) is 15.0 Å². The fourth-order valence-electron chi connectivity index (χ4n) is 2.26. The highest BCUT2D eigenvalue weighted by Gasteiger charge is 2.24. The van der Waals surface area contributed by atoms with E-state index in [1.54, 1.807) is 6.92 Å². The van der Waals surface area contributed by atoms with Crippen LogP contribution in [0.25, 0.3) is 0 Å². The molecule has 2 rings (SSSR count). The third-order valence-electron chi connectivity index (χ3n) is 3.69. The zero-order chi connectivity index (χ0) is 16.4. The van der Waals surface area contributed by atoms with Gasteiger partial charge < -0.3 is 0 Å². The van der Waals surface area contributed by atoms with Gasteiger partial charge in [-0.05, 0) is 36.2 Å². The smallest absolute Gasteiger partial charge is 0.210 e. The molecule has 2 aromatic rings. The number of benzene rings is 2. The Labute approximate surface area is 131 Å². The fraction of sp³-hybridized carbons (Fsp3) is 0.294. The molecule has 0 atom stereocenters. The van der Waals surface area contributed by atoms with Crippen molar-refractivity contribution in [1.82, 2.24) is 4.72 Å². The topological polar surface area (TPSA) is 46.2 Å². The van der Waals surface area contributed by atoms with Crippen molar-refractivity contribution >= 4 is 10.0 Å². The van der Waals surface area contributed by atoms with Gasteiger partial charge in [-0.3, -0.25) is 0 Å². The van der Waals surface area contributed by atoms with E-state index in [4.69, 9.17) is 0 Å². The van der Waals surface area contributed by atoms with Gasteiger partial charge >= 0.3 is 0 Å². The number of halogens is 1. The molecule has 5 heteroatoms. The number of rotatable bonds is 5. The summed E-state index contributed by atoms with van der Waals surface area (Å²) in [5, 5.41) is 0. The standard InChI is InChI=1S/C17H20FNO2S/c1-13-11-15(18)9-10-16(13)22(20,21)19-12-17(2,3)14-7-5-4-6-8-14/h4-11,19H,12H2,1-3H3. The zero-order valence-corrected chi connectivity index (χ0v) is 13.7. The fourth-order valence-corrected chi connectivity index (χ4v) is 3.70. The highest BCUT2D eigenvalue weighted by Crippen LogP contribution is 2.23. The van der Waals surface area contributed by atoms with Crippen molar-refractivity contribution in [2.45, 2.75) is 31.1 Å². The van der Waals surface area contributed by atoms with E-state index >= 15 is 0 Å². The SMILES string of the molecule is Cc1cc(F)ccc1S(=O)(=O)NCC(C)(C)c1ccccc1. The average Bonchev–Trinajstić information content (AvgIpc) is 2.46. The van der Waals surface area contributed by atoms with Gasteiger partial charge in [-0.2, -0.15) is 0 Å². The van der Waals surface area contributed by atoms with E-state index in [2.05, 4.69) is 4.72 Å². The van der Waals surface area contributed by atoms with Crippen LogP contribution in [0.1, 0.15) is 25.0 Å². The second kappa shape index (κ2) is 6.18. The second-order valence-corrected chi connectivity index (χ2v) is 7.72. The van der Waals surface area contributed by atoms with Crippen LogP contribution in [0.4, 0.5) is 4.39 Å². The Morgan fingerprint density at radius 2 is 1.73 bits per heavy atom. The Kier molecular flexibility index (Phi) is 4.68. The predicted molar refractivity (Wildman–Crippen MR) is 85.8 cm³/mol. The molecule has 22 heavy (non-hydrogen) atoms. The summed E-state index contributed by atoms with van der Waals surface area (Å²) in [6.45, 7) is 5.79. The van der Waals surface area contributed by atoms with E-state index < -0.39 is 15.8 Å². The molecule has 0 saturated carbocycles. The third-order valence-corrected chi connectivity index (χ3v) is 5.25. The van der Waals surface area contributed by atoms with Crippen molar-refractivity contribution in [3.8, 4) is 0 Å². The van der Waals surface area contributed by atoms with Gasteiger partial charge in [0.05, 0.1) is 4.90 Å². The van der Waals surface area contributed by atoms with E-state index in [-0.39, 0.29) is 16.9 Å². The van der Waals surface area contributed by atoms with E-state index in [1.807, 2.05) is 44.2 Å². The van der Waals surface area contributed by atoms with Crippen LogP contribution >= 0.6 is 0 Å². The Hall–Kier alpha value is -1.72. The summed E-state index contributed by atoms with van der Waals surface area (Å²) in [5.74, 6) is -0.443. The summed E-state index contributed by atoms with van der Waals surface area (Å²) in [4.78, 5) is 0.109. The number of hydrogen-bond donors (Lipinski definition) is 1. The lowest BCUT2D eigenvalue weighted by Gasteiger charge is -2.25. The number of aryl methyl sites for hydroxylation is 1. The first-order chi connectivity index (χ1) is 10.2. The molecule has 0 aromatic heterocycles. The van der Waals surface area contributed by atoms with Crippen molar-refractivity contribution in [3.05, 3.63) is 65.5 Å². The molecular weight excluding hydrogens is 301 g/mol. The molecule has 0 amide bonds. The van der Waals surface area contributed by atoms with Crippen LogP contribution in [0.2, 0.25) is 0 Å². The largest absolute Gasteiger partial charge is 0.240 e. The summed E-state index contributed by atoms with van der Waals surface area (Å²) in [5.41, 5.74) is 1.10. The monoisotopic (exact) mass is 321 g/mol. The maximum absolute atomic E-state index is 13.1. The quantitative estimate of drug-likeness (QED) is 0.917. The lowest BCUT2D eigenvalue weighted by atomic mass is 9.85. The van der Waals surface area contributed by atoms with Crippen LogP contribution in [0, 0.1) is 12.7 Å². The predicted octanol–water partition coefficient (Wildman–Crippen LogP) is 3.39. The maximum Gasteiger partial charge on any atom is 0.240 e. The van der Waals surface area contributed by atoms with Crippen LogP contribution < -0.4 is 4.72 Å². The van der Waals surface area contributed by atoms with Crippen LogP contribution in [-0.2, 0) is 15.4 Å². The first-order valence-electron chi connectivity index (χ1n) is 7.04. The second-order valence-electron chi connectivity index (χ2n) is 5.98. The zero-order valence-electron chi connectivity index (χ0n) is 12.9. The highest BCUT2D eigenvalue weighted by molar-refractivity contribution is 7.89. The van der Waals surface area contributed by atoms with Gasteiger partial charge in [0.1, 0.15) is 5.82 Å². The average molecular weight is 321 g/mol. The van der Waals surface area contributed by atoms with Crippen LogP contribution in [0.3, 0.4) is 0 Å². The van der Waals surface area contributed by atoms with Gasteiger partial charge in [-0.1, -0.05) is 44.2 Å². The summed E-state index contributed by atoms with van der Waals surface area (Å²) in [7, 11) is -3.67. The number of sulfonamides is 1. The van der Waals surface area contributed by atoms with Crippen molar-refractivity contribution in [2.75, 3.05) is 6.54 Å². The number of hydrogen-bond acceptors (Lipinski definition) is 2. The van der Waals surface area contributed by atoms with Gasteiger partial charge in [0, 0.05) is 12.0 Å². The van der Waals surface area contributed by atoms with Crippen LogP contribution in [0.15, 0.2) is 53.4 Å². The Morgan fingerprint density at radius 1 is 1.09 bits per heavy atom. The number of nitrogens with one attached hydrogen (secondary N) is 1. The van der Waals surface area contributed by atoms with E-state index in [0.717, 1.165) is 11.6 Å². The maximum atomic E-state index is 13.1. The van der Waals surface area contributed by atoms with Crippen molar-refractivity contribution in [2.24, 2.45) is 0 Å². The first-order valence-corrected chi connectivity index (χ1v) is 8.52. The van der Waals surface area contributed by atoms with E-state index in [1.165, 1.54) is 12.1 Å². The van der Waals surface area contributed by atoms with Gasteiger partial charge in [-0.15, -0.1) is 0 Å². The molecule has 0 aliphatic heterocycles. The molecule has 0 spiro atoms. The Morgan fingerprint density at radius 3 is 2.32 bits per heavy atom. The summed E-state index contributed by atoms with van der Waals surface area (Å²) < 4.78 is 40.6. The van der Waals surface area contributed by atoms with Crippen LogP contribution in [0.5, 0.6) is 0 Å². The highest BCUT2D eigenvalue weighted by atomic mass is 32.2. The van der Waals surface area contributed by atoms with Gasteiger partial charge in [-0.25, -0.2) is 17.5 Å². The molecule has 0 aliphatic carbocycles. The molecular formula is C17H20FNO2S. The molecule has 1 N–H and O–H groups in total. The molecule has 0 unspecified atom stereocenters. The van der Waals surface area contributed by atoms with Crippen molar-refractivity contribution in [3.63, 3.8) is 0 Å².